The third kappa shape index (κ3) is 4.47. The lowest BCUT2D eigenvalue weighted by molar-refractivity contribution is 1.08. The molecule has 5 heteroatoms. The maximum absolute atomic E-state index is 4.40. The van der Waals surface area contributed by atoms with E-state index in [0.717, 1.165) is 28.5 Å². The van der Waals surface area contributed by atoms with Crippen molar-refractivity contribution in [2.24, 2.45) is 0 Å². The van der Waals surface area contributed by atoms with E-state index >= 15 is 0 Å². The summed E-state index contributed by atoms with van der Waals surface area (Å²) in [6, 6.07) is 8.20. The van der Waals surface area contributed by atoms with Crippen LogP contribution in [0.2, 0.25) is 0 Å². The van der Waals surface area contributed by atoms with E-state index in [0.29, 0.717) is 0 Å². The number of rotatable bonds is 3. The molecule has 0 aliphatic heterocycles. The first kappa shape index (κ1) is 19.5. The predicted molar refractivity (Wildman–Crippen MR) is 104 cm³/mol. The molecule has 0 aliphatic carbocycles. The Morgan fingerprint density at radius 2 is 1.75 bits per heavy atom. The van der Waals surface area contributed by atoms with Crippen LogP contribution in [0.25, 0.3) is 5.65 Å². The van der Waals surface area contributed by atoms with Gasteiger partial charge >= 0.3 is 0 Å². The maximum Gasteiger partial charge on any atom is 0.180 e. The highest BCUT2D eigenvalue weighted by Crippen LogP contribution is 2.22. The predicted octanol–water partition coefficient (Wildman–Crippen LogP) is 4.90. The topological polar surface area (TPSA) is 45.5 Å². The molecule has 0 spiro atoms. The monoisotopic (exact) mass is 327 g/mol. The number of hydrogen-bond donors (Lipinski definition) is 1. The Labute approximate surface area is 145 Å². The van der Waals surface area contributed by atoms with Crippen LogP contribution in [0.1, 0.15) is 33.4 Å². The summed E-state index contributed by atoms with van der Waals surface area (Å²) < 4.78 is 2.02. The van der Waals surface area contributed by atoms with Crippen molar-refractivity contribution in [2.45, 2.75) is 34.6 Å². The summed E-state index contributed by atoms with van der Waals surface area (Å²) in [5.74, 6) is 0.761. The molecule has 0 unspecified atom stereocenters. The fourth-order valence-electron chi connectivity index (χ4n) is 2.13. The van der Waals surface area contributed by atoms with Crippen LogP contribution >= 0.6 is 0 Å². The largest absolute Gasteiger partial charge is 0.378 e. The SMILES string of the molecule is CC.CC.Cc1cnc2c(Nc3cccc(N(C)C)c3)nccn12. The molecule has 0 atom stereocenters. The molecule has 2 aromatic heterocycles. The number of benzene rings is 1. The molecule has 0 fully saturated rings. The number of hydrogen-bond acceptors (Lipinski definition) is 4. The van der Waals surface area contributed by atoms with Gasteiger partial charge in [0.05, 0.1) is 0 Å². The molecule has 0 saturated heterocycles. The summed E-state index contributed by atoms with van der Waals surface area (Å²) in [6.07, 6.45) is 5.54. The summed E-state index contributed by atoms with van der Waals surface area (Å²) in [4.78, 5) is 10.8. The van der Waals surface area contributed by atoms with Gasteiger partial charge in [0.1, 0.15) is 0 Å². The van der Waals surface area contributed by atoms with Crippen LogP contribution in [0, 0.1) is 6.92 Å². The van der Waals surface area contributed by atoms with Crippen LogP contribution < -0.4 is 10.2 Å². The van der Waals surface area contributed by atoms with Crippen molar-refractivity contribution in [3.8, 4) is 0 Å². The van der Waals surface area contributed by atoms with Crippen LogP contribution in [0.5, 0.6) is 0 Å². The zero-order valence-corrected chi connectivity index (χ0v) is 15.8. The highest BCUT2D eigenvalue weighted by molar-refractivity contribution is 5.71. The highest BCUT2D eigenvalue weighted by atomic mass is 15.1. The first-order valence-electron chi connectivity index (χ1n) is 8.48. The molecule has 0 radical (unpaired) electrons. The molecule has 0 bridgehead atoms. The van der Waals surface area contributed by atoms with Gasteiger partial charge in [-0.05, 0) is 25.1 Å². The van der Waals surface area contributed by atoms with Gasteiger partial charge in [0.25, 0.3) is 0 Å². The van der Waals surface area contributed by atoms with Crippen LogP contribution in [0.4, 0.5) is 17.2 Å². The first-order chi connectivity index (χ1) is 11.6. The van der Waals surface area contributed by atoms with Crippen molar-refractivity contribution in [1.29, 1.82) is 0 Å². The summed E-state index contributed by atoms with van der Waals surface area (Å²) >= 11 is 0. The van der Waals surface area contributed by atoms with Gasteiger partial charge in [-0.1, -0.05) is 33.8 Å². The molecule has 0 aliphatic rings. The smallest absolute Gasteiger partial charge is 0.180 e. The second-order valence-electron chi connectivity index (χ2n) is 4.94. The van der Waals surface area contributed by atoms with E-state index in [1.165, 1.54) is 0 Å². The first-order valence-corrected chi connectivity index (χ1v) is 8.48. The second-order valence-corrected chi connectivity index (χ2v) is 4.94. The number of nitrogens with zero attached hydrogens (tertiary/aromatic N) is 4. The number of aryl methyl sites for hydroxylation is 1. The third-order valence-electron chi connectivity index (χ3n) is 3.24. The minimum atomic E-state index is 0.761. The molecule has 0 saturated carbocycles. The van der Waals surface area contributed by atoms with Crippen molar-refractivity contribution in [1.82, 2.24) is 14.4 Å². The van der Waals surface area contributed by atoms with E-state index in [2.05, 4.69) is 32.3 Å². The molecule has 1 N–H and O–H groups in total. The number of imidazole rings is 1. The van der Waals surface area contributed by atoms with Crippen molar-refractivity contribution in [3.05, 3.63) is 48.5 Å². The quantitative estimate of drug-likeness (QED) is 0.743. The van der Waals surface area contributed by atoms with Gasteiger partial charge in [-0.15, -0.1) is 0 Å². The van der Waals surface area contributed by atoms with Crippen molar-refractivity contribution >= 4 is 22.8 Å². The van der Waals surface area contributed by atoms with E-state index < -0.39 is 0 Å². The Morgan fingerprint density at radius 3 is 2.42 bits per heavy atom. The summed E-state index contributed by atoms with van der Waals surface area (Å²) in [7, 11) is 4.05. The highest BCUT2D eigenvalue weighted by Gasteiger charge is 2.07. The minimum Gasteiger partial charge on any atom is -0.378 e. The fraction of sp³-hybridized carbons (Fsp3) is 0.368. The van der Waals surface area contributed by atoms with Gasteiger partial charge in [-0.3, -0.25) is 4.40 Å². The molecule has 5 nitrogen and oxygen atoms in total. The normalized spacial score (nSPS) is 9.46. The Morgan fingerprint density at radius 1 is 1.04 bits per heavy atom. The lowest BCUT2D eigenvalue weighted by atomic mass is 10.2. The molecule has 3 aromatic rings. The van der Waals surface area contributed by atoms with Crippen molar-refractivity contribution in [2.75, 3.05) is 24.3 Å². The van der Waals surface area contributed by atoms with Gasteiger partial charge in [-0.25, -0.2) is 9.97 Å². The lowest BCUT2D eigenvalue weighted by Gasteiger charge is -2.14. The minimum absolute atomic E-state index is 0.761. The Balaban J connectivity index is 0.000000671. The van der Waals surface area contributed by atoms with Gasteiger partial charge in [0.15, 0.2) is 11.5 Å². The average Bonchev–Trinajstić information content (AvgIpc) is 3.01. The Hall–Kier alpha value is -2.56. The van der Waals surface area contributed by atoms with Gasteiger partial charge < -0.3 is 10.2 Å². The average molecular weight is 327 g/mol. The zero-order valence-electron chi connectivity index (χ0n) is 15.8. The van der Waals surface area contributed by atoms with Gasteiger partial charge in [0.2, 0.25) is 0 Å². The Kier molecular flexibility index (Phi) is 7.75. The third-order valence-corrected chi connectivity index (χ3v) is 3.24. The van der Waals surface area contributed by atoms with E-state index in [1.54, 1.807) is 6.20 Å². The van der Waals surface area contributed by atoms with Crippen LogP contribution in [-0.4, -0.2) is 28.5 Å². The standard InChI is InChI=1S/C15H17N5.2C2H6/c1-11-10-17-15-14(16-7-8-20(11)15)18-12-5-4-6-13(9-12)19(2)3;2*1-2/h4-10H,1-3H3,(H,16,18);2*1-2H3. The number of anilines is 3. The van der Waals surface area contributed by atoms with Gasteiger partial charge in [-0.2, -0.15) is 0 Å². The van der Waals surface area contributed by atoms with E-state index in [9.17, 15) is 0 Å². The second kappa shape index (κ2) is 9.55. The molecule has 1 aromatic carbocycles. The van der Waals surface area contributed by atoms with Crippen LogP contribution in [0.15, 0.2) is 42.9 Å². The summed E-state index contributed by atoms with van der Waals surface area (Å²) in [5, 5.41) is 3.33. The van der Waals surface area contributed by atoms with Crippen LogP contribution in [0.3, 0.4) is 0 Å². The lowest BCUT2D eigenvalue weighted by Crippen LogP contribution is -2.08. The molecule has 0 amide bonds. The maximum atomic E-state index is 4.40. The molecular weight excluding hydrogens is 298 g/mol. The summed E-state index contributed by atoms with van der Waals surface area (Å²) in [5.41, 5.74) is 4.06. The van der Waals surface area contributed by atoms with E-state index in [4.69, 9.17) is 0 Å². The zero-order chi connectivity index (χ0) is 18.1. The number of fused-ring (bicyclic) bond motifs is 1. The molecular formula is C19H29N5. The number of nitrogens with one attached hydrogen (secondary N) is 1. The number of aromatic nitrogens is 3. The van der Waals surface area contributed by atoms with E-state index in [1.807, 2.05) is 77.6 Å². The fourth-order valence-corrected chi connectivity index (χ4v) is 2.13. The molecule has 2 heterocycles. The van der Waals surface area contributed by atoms with Gasteiger partial charge in [0, 0.05) is 49.8 Å². The van der Waals surface area contributed by atoms with E-state index in [-0.39, 0.29) is 0 Å². The van der Waals surface area contributed by atoms with Crippen molar-refractivity contribution < 1.29 is 0 Å². The molecule has 3 rings (SSSR count). The van der Waals surface area contributed by atoms with Crippen molar-refractivity contribution in [3.63, 3.8) is 0 Å². The Bertz CT molecular complexity index is 746. The molecule has 130 valence electrons. The molecule has 24 heavy (non-hydrogen) atoms. The van der Waals surface area contributed by atoms with Crippen LogP contribution in [-0.2, 0) is 0 Å². The summed E-state index contributed by atoms with van der Waals surface area (Å²) in [6.45, 7) is 10.0.